The Balaban J connectivity index is 1.15. The van der Waals surface area contributed by atoms with E-state index in [1.54, 1.807) is 0 Å². The number of aliphatic hydroxyl groups is 20. The fourth-order valence-electron chi connectivity index (χ4n) is 10.7. The lowest BCUT2D eigenvalue weighted by Crippen LogP contribution is -2.71. The van der Waals surface area contributed by atoms with E-state index < -0.39 is 266 Å². The number of ether oxygens (including phenoxy) is 13. The number of carbonyl (C=O) groups excluding carboxylic acids is 2. The van der Waals surface area contributed by atoms with E-state index in [1.165, 1.54) is 6.92 Å². The van der Waals surface area contributed by atoms with E-state index >= 15 is 0 Å². The van der Waals surface area contributed by atoms with Crippen LogP contribution in [0.3, 0.4) is 0 Å². The summed E-state index contributed by atoms with van der Waals surface area (Å²) in [5.74, 6) is -1.80. The summed E-state index contributed by atoms with van der Waals surface area (Å²) in [5, 5.41) is 220. The zero-order valence-electron chi connectivity index (χ0n) is 44.5. The van der Waals surface area contributed by atoms with Gasteiger partial charge < -0.3 is 174 Å². The summed E-state index contributed by atoms with van der Waals surface area (Å²) in [6.07, 6.45) is -63.7. The van der Waals surface area contributed by atoms with E-state index in [1.807, 2.05) is 0 Å². The Labute approximate surface area is 470 Å². The number of rotatable bonds is 20. The lowest BCUT2D eigenvalue weighted by atomic mass is 9.93. The van der Waals surface area contributed by atoms with Gasteiger partial charge in [-0.15, -0.1) is 0 Å². The first-order chi connectivity index (χ1) is 39.2. The largest absolute Gasteiger partial charge is 0.394 e. The first-order valence-corrected chi connectivity index (χ1v) is 26.5. The van der Waals surface area contributed by atoms with Crippen molar-refractivity contribution >= 4 is 11.8 Å². The third-order valence-corrected chi connectivity index (χ3v) is 15.3. The van der Waals surface area contributed by atoms with Gasteiger partial charge >= 0.3 is 0 Å². The molecule has 0 aromatic carbocycles. The van der Waals surface area contributed by atoms with Crippen molar-refractivity contribution in [3.63, 3.8) is 0 Å². The van der Waals surface area contributed by atoms with E-state index in [2.05, 4.69) is 10.6 Å². The van der Waals surface area contributed by atoms with Gasteiger partial charge in [0, 0.05) is 13.8 Å². The maximum absolute atomic E-state index is 13.1. The molecule has 7 heterocycles. The molecule has 0 aromatic heterocycles. The van der Waals surface area contributed by atoms with Crippen LogP contribution >= 0.6 is 0 Å². The van der Waals surface area contributed by atoms with Crippen LogP contribution in [0.15, 0.2) is 0 Å². The van der Waals surface area contributed by atoms with E-state index in [4.69, 9.17) is 61.6 Å². The van der Waals surface area contributed by atoms with Crippen LogP contribution in [0.1, 0.15) is 20.8 Å². The first kappa shape index (κ1) is 68.1. The molecular formula is C46H78N2O35. The molecule has 7 fully saturated rings. The van der Waals surface area contributed by atoms with Crippen LogP contribution in [-0.4, -0.2) is 368 Å². The second-order valence-electron chi connectivity index (χ2n) is 21.0. The molecule has 7 saturated heterocycles. The fraction of sp³-hybridized carbons (Fsp3) is 0.957. The minimum atomic E-state index is -2.32. The molecule has 7 rings (SSSR count). The SMILES string of the molecule is CC(=O)N[C@H]1[C@H](O[C@H]2[C@@H](O)[C@@H](CO)O[C@@H](O[C@H]3[C@H](O)[C@@H](O)C(O)O[C@@H]3CO)[C@@H]2O)O[C@H](CO)[C@@H](O[C@@H]2O[C@H](CO)[C@H](O)[C@H](O[C@@H]3O[C@H](CO)[C@@H](O[C@@H]4O[C@@H](C)[C@@H](O)[C@@H](O)[C@@H]4O)[C@H](O[C@@H]4O[C@H](CO)[C@H](O)[C@H](O)[C@H]4O)[C@H]3NC(C)=O)[C@H]2O)[C@@H]1O. The standard InChI is InChI=1S/C46H78N2O35/c1-10-21(57)26(62)30(66)43(71-10)80-36-18(9-54)77-42(20(48-12(3)56)37(36)81-44-31(67)27(63)22(58)13(4-49)73-44)83-39-24(60)15(6-51)74-45(33(39)69)78-34-17(8-53)76-41(19(25(34)61)47-11(2)55)82-38-23(59)14(5-50)75-46(32(38)68)79-35-16(7-52)72-40(70)29(65)28(35)64/h10,13-46,49-54,57-70H,4-9H2,1-3H3,(H,47,55)(H,48,56)/t10-,13+,14+,15+,16+,17+,18+,19+,20+,21+,22-,23-,24-,25+,26+,27-,28+,29+,30-,31+,32+,33+,34+,35+,36+,37+,38-,39-,40?,41-,42-,43-,44-,45-,46-/m0/s1. The average Bonchev–Trinajstić information content (AvgIpc) is 3.21. The lowest BCUT2D eigenvalue weighted by Gasteiger charge is -2.52. The summed E-state index contributed by atoms with van der Waals surface area (Å²) in [5.41, 5.74) is 0. The van der Waals surface area contributed by atoms with Crippen molar-refractivity contribution in [2.75, 3.05) is 39.6 Å². The number of nitrogens with one attached hydrogen (secondary N) is 2. The first-order valence-electron chi connectivity index (χ1n) is 26.5. The molecule has 0 saturated carbocycles. The molecule has 7 aliphatic rings. The fourth-order valence-corrected chi connectivity index (χ4v) is 10.7. The molecule has 0 spiro atoms. The van der Waals surface area contributed by atoms with E-state index in [0.29, 0.717) is 0 Å². The van der Waals surface area contributed by atoms with Gasteiger partial charge in [0.05, 0.1) is 45.7 Å². The van der Waals surface area contributed by atoms with Crippen molar-refractivity contribution in [2.45, 2.75) is 236 Å². The molecule has 0 bridgehead atoms. The monoisotopic (exact) mass is 1220 g/mol. The van der Waals surface area contributed by atoms with Gasteiger partial charge in [-0.25, -0.2) is 0 Å². The van der Waals surface area contributed by atoms with Crippen LogP contribution < -0.4 is 10.6 Å². The Kier molecular flexibility index (Phi) is 24.0. The van der Waals surface area contributed by atoms with Gasteiger partial charge in [-0.05, 0) is 6.92 Å². The van der Waals surface area contributed by atoms with Gasteiger partial charge in [-0.1, -0.05) is 0 Å². The lowest BCUT2D eigenvalue weighted by molar-refractivity contribution is -0.393. The van der Waals surface area contributed by atoms with Gasteiger partial charge in [0.1, 0.15) is 165 Å². The minimum Gasteiger partial charge on any atom is -0.394 e. The number of hydrogen-bond donors (Lipinski definition) is 22. The van der Waals surface area contributed by atoms with Crippen LogP contribution in [-0.2, 0) is 71.2 Å². The van der Waals surface area contributed by atoms with Crippen molar-refractivity contribution in [3.05, 3.63) is 0 Å². The van der Waals surface area contributed by atoms with Gasteiger partial charge in [0.15, 0.2) is 44.0 Å². The van der Waals surface area contributed by atoms with Crippen molar-refractivity contribution in [1.82, 2.24) is 10.6 Å². The summed E-state index contributed by atoms with van der Waals surface area (Å²) >= 11 is 0. The zero-order valence-corrected chi connectivity index (χ0v) is 44.5. The van der Waals surface area contributed by atoms with Crippen LogP contribution in [0.4, 0.5) is 0 Å². The second-order valence-corrected chi connectivity index (χ2v) is 21.0. The Morgan fingerprint density at radius 1 is 0.313 bits per heavy atom. The van der Waals surface area contributed by atoms with Crippen LogP contribution in [0.25, 0.3) is 0 Å². The van der Waals surface area contributed by atoms with E-state index in [0.717, 1.165) is 13.8 Å². The molecule has 482 valence electrons. The smallest absolute Gasteiger partial charge is 0.217 e. The van der Waals surface area contributed by atoms with Crippen LogP contribution in [0.5, 0.6) is 0 Å². The molecule has 83 heavy (non-hydrogen) atoms. The summed E-state index contributed by atoms with van der Waals surface area (Å²) in [7, 11) is 0. The zero-order chi connectivity index (χ0) is 61.2. The number of aliphatic hydroxyl groups excluding tert-OH is 20. The Bertz CT molecular complexity index is 2040. The third-order valence-electron chi connectivity index (χ3n) is 15.3. The van der Waals surface area contributed by atoms with Crippen molar-refractivity contribution in [2.24, 2.45) is 0 Å². The van der Waals surface area contributed by atoms with Gasteiger partial charge in [0.2, 0.25) is 11.8 Å². The maximum Gasteiger partial charge on any atom is 0.217 e. The molecule has 35 atom stereocenters. The topological polar surface area (TPSA) is 583 Å². The van der Waals surface area contributed by atoms with Crippen molar-refractivity contribution in [3.8, 4) is 0 Å². The summed E-state index contributed by atoms with van der Waals surface area (Å²) in [6, 6.07) is -3.71. The predicted molar refractivity (Wildman–Crippen MR) is 254 cm³/mol. The summed E-state index contributed by atoms with van der Waals surface area (Å²) in [6.45, 7) is -2.89. The summed E-state index contributed by atoms with van der Waals surface area (Å²) < 4.78 is 75.4. The molecule has 2 amide bonds. The highest BCUT2D eigenvalue weighted by Gasteiger charge is 2.59. The Hall–Kier alpha value is -2.38. The number of hydrogen-bond acceptors (Lipinski definition) is 35. The molecule has 22 N–H and O–H groups in total. The number of carbonyl (C=O) groups is 2. The van der Waals surface area contributed by atoms with Gasteiger partial charge in [-0.2, -0.15) is 0 Å². The average molecular weight is 1220 g/mol. The second kappa shape index (κ2) is 29.3. The number of amides is 2. The van der Waals surface area contributed by atoms with Gasteiger partial charge in [0.25, 0.3) is 0 Å². The van der Waals surface area contributed by atoms with Crippen molar-refractivity contribution < 1.29 is 173 Å². The predicted octanol–water partition coefficient (Wildman–Crippen LogP) is -15.0. The highest BCUT2D eigenvalue weighted by molar-refractivity contribution is 5.73. The molecule has 0 radical (unpaired) electrons. The Morgan fingerprint density at radius 3 is 1.12 bits per heavy atom. The molecule has 37 nitrogen and oxygen atoms in total. The molecule has 37 heteroatoms. The van der Waals surface area contributed by atoms with E-state index in [-0.39, 0.29) is 0 Å². The Morgan fingerprint density at radius 2 is 0.651 bits per heavy atom. The highest BCUT2D eigenvalue weighted by atomic mass is 16.8. The maximum atomic E-state index is 13.1. The molecule has 0 aliphatic carbocycles. The van der Waals surface area contributed by atoms with Crippen LogP contribution in [0, 0.1) is 0 Å². The summed E-state index contributed by atoms with van der Waals surface area (Å²) in [4.78, 5) is 25.8. The van der Waals surface area contributed by atoms with E-state index in [9.17, 15) is 112 Å². The molecule has 0 aromatic rings. The third kappa shape index (κ3) is 14.5. The van der Waals surface area contributed by atoms with Gasteiger partial charge in [-0.3, -0.25) is 9.59 Å². The molecular weight excluding hydrogens is 1140 g/mol. The van der Waals surface area contributed by atoms with Crippen molar-refractivity contribution in [1.29, 1.82) is 0 Å². The normalized spacial score (nSPS) is 50.8. The molecule has 7 aliphatic heterocycles. The van der Waals surface area contributed by atoms with Crippen LogP contribution in [0.2, 0.25) is 0 Å². The molecule has 1 unspecified atom stereocenters. The minimum absolute atomic E-state index is 0.889. The highest BCUT2D eigenvalue weighted by Crippen LogP contribution is 2.39. The quantitative estimate of drug-likeness (QED) is 0.0538.